The highest BCUT2D eigenvalue weighted by Gasteiger charge is 2.10. The van der Waals surface area contributed by atoms with Gasteiger partial charge in [0.15, 0.2) is 0 Å². The van der Waals surface area contributed by atoms with Crippen molar-refractivity contribution in [3.05, 3.63) is 53.5 Å². The van der Waals surface area contributed by atoms with Gasteiger partial charge >= 0.3 is 0 Å². The maximum absolute atomic E-state index is 12.1. The molecule has 0 aromatic carbocycles. The number of carbonyl (C=O) groups excluding carboxylic acids is 1. The smallest absolute Gasteiger partial charge is 0.251 e. The molecule has 0 atom stereocenters. The minimum absolute atomic E-state index is 0.137. The number of hydrogen-bond donors (Lipinski definition) is 2. The lowest BCUT2D eigenvalue weighted by atomic mass is 10.1. The second-order valence-corrected chi connectivity index (χ2v) is 5.19. The molecule has 0 saturated carbocycles. The summed E-state index contributed by atoms with van der Waals surface area (Å²) in [5, 5.41) is 2.88. The Hall–Kier alpha value is -2.43. The molecule has 2 heterocycles. The van der Waals surface area contributed by atoms with E-state index in [1.54, 1.807) is 18.3 Å². The first kappa shape index (κ1) is 15.0. The number of anilines is 1. The molecule has 0 unspecified atom stereocenters. The monoisotopic (exact) mass is 284 g/mol. The lowest BCUT2D eigenvalue weighted by molar-refractivity contribution is 0.0954. The lowest BCUT2D eigenvalue weighted by Crippen LogP contribution is -2.26. The van der Waals surface area contributed by atoms with Crippen molar-refractivity contribution in [3.63, 3.8) is 0 Å². The van der Waals surface area contributed by atoms with Gasteiger partial charge in [-0.1, -0.05) is 19.9 Å². The molecule has 5 heteroatoms. The van der Waals surface area contributed by atoms with E-state index in [0.29, 0.717) is 24.3 Å². The number of aromatic nitrogens is 2. The van der Waals surface area contributed by atoms with Gasteiger partial charge in [-0.3, -0.25) is 9.78 Å². The maximum atomic E-state index is 12.1. The van der Waals surface area contributed by atoms with Crippen LogP contribution in [0.15, 0.2) is 36.5 Å². The second kappa shape index (κ2) is 6.83. The van der Waals surface area contributed by atoms with Crippen LogP contribution in [0.3, 0.4) is 0 Å². The highest BCUT2D eigenvalue weighted by Crippen LogP contribution is 2.15. The van der Waals surface area contributed by atoms with E-state index < -0.39 is 0 Å². The number of hydrogen-bond acceptors (Lipinski definition) is 4. The van der Waals surface area contributed by atoms with Crippen molar-refractivity contribution < 1.29 is 4.79 Å². The Bertz CT molecular complexity index is 611. The zero-order valence-corrected chi connectivity index (χ0v) is 12.3. The number of nitrogens with two attached hydrogens (primary N) is 1. The van der Waals surface area contributed by atoms with Gasteiger partial charge in [0.1, 0.15) is 5.82 Å². The molecule has 2 aromatic rings. The summed E-state index contributed by atoms with van der Waals surface area (Å²) in [5.41, 5.74) is 8.08. The first-order valence-electron chi connectivity index (χ1n) is 7.02. The van der Waals surface area contributed by atoms with Crippen molar-refractivity contribution in [1.82, 2.24) is 15.3 Å². The first-order valence-corrected chi connectivity index (χ1v) is 7.02. The highest BCUT2D eigenvalue weighted by atomic mass is 16.1. The predicted molar refractivity (Wildman–Crippen MR) is 83.0 cm³/mol. The van der Waals surface area contributed by atoms with Crippen molar-refractivity contribution >= 4 is 11.7 Å². The van der Waals surface area contributed by atoms with Crippen LogP contribution in [0.4, 0.5) is 5.82 Å². The summed E-state index contributed by atoms with van der Waals surface area (Å²) >= 11 is 0. The lowest BCUT2D eigenvalue weighted by Gasteiger charge is -2.09. The maximum Gasteiger partial charge on any atom is 0.251 e. The molecule has 2 rings (SSSR count). The summed E-state index contributed by atoms with van der Waals surface area (Å²) < 4.78 is 0. The number of rotatable bonds is 5. The molecule has 0 aliphatic carbocycles. The van der Waals surface area contributed by atoms with Crippen molar-refractivity contribution in [3.8, 4) is 0 Å². The minimum Gasteiger partial charge on any atom is -0.384 e. The van der Waals surface area contributed by atoms with Gasteiger partial charge in [0.25, 0.3) is 5.91 Å². The van der Waals surface area contributed by atoms with Gasteiger partial charge in [-0.15, -0.1) is 0 Å². The number of nitrogens with zero attached hydrogens (tertiary/aromatic N) is 2. The van der Waals surface area contributed by atoms with Gasteiger partial charge in [-0.05, 0) is 30.2 Å². The van der Waals surface area contributed by atoms with Crippen LogP contribution in [0, 0.1) is 0 Å². The summed E-state index contributed by atoms with van der Waals surface area (Å²) in [6, 6.07) is 9.13. The van der Waals surface area contributed by atoms with Gasteiger partial charge in [-0.2, -0.15) is 0 Å². The van der Waals surface area contributed by atoms with Crippen LogP contribution in [-0.2, 0) is 6.42 Å². The molecule has 5 nitrogen and oxygen atoms in total. The molecule has 0 aliphatic rings. The molecule has 0 fully saturated rings. The largest absolute Gasteiger partial charge is 0.384 e. The van der Waals surface area contributed by atoms with E-state index in [1.165, 1.54) is 0 Å². The molecule has 0 bridgehead atoms. The molecule has 2 aromatic heterocycles. The molecular formula is C16H20N4O. The van der Waals surface area contributed by atoms with Crippen molar-refractivity contribution in [2.24, 2.45) is 0 Å². The Labute approximate surface area is 124 Å². The van der Waals surface area contributed by atoms with Crippen LogP contribution in [0.2, 0.25) is 0 Å². The number of nitrogens with one attached hydrogen (secondary N) is 1. The number of amides is 1. The topological polar surface area (TPSA) is 80.9 Å². The van der Waals surface area contributed by atoms with Crippen LogP contribution in [-0.4, -0.2) is 22.4 Å². The summed E-state index contributed by atoms with van der Waals surface area (Å²) in [6.07, 6.45) is 2.44. The third-order valence-electron chi connectivity index (χ3n) is 3.11. The molecule has 1 amide bonds. The average molecular weight is 284 g/mol. The van der Waals surface area contributed by atoms with Crippen LogP contribution in [0.25, 0.3) is 0 Å². The molecular weight excluding hydrogens is 264 g/mol. The molecule has 21 heavy (non-hydrogen) atoms. The Morgan fingerprint density at radius 2 is 2.14 bits per heavy atom. The Kier molecular flexibility index (Phi) is 4.87. The number of nitrogen functional groups attached to an aromatic ring is 1. The second-order valence-electron chi connectivity index (χ2n) is 5.19. The molecule has 0 radical (unpaired) electrons. The Balaban J connectivity index is 1.97. The van der Waals surface area contributed by atoms with Gasteiger partial charge in [0.05, 0.1) is 0 Å². The first-order chi connectivity index (χ1) is 10.1. The zero-order chi connectivity index (χ0) is 15.2. The van der Waals surface area contributed by atoms with Crippen LogP contribution in [0.5, 0.6) is 0 Å². The van der Waals surface area contributed by atoms with Gasteiger partial charge < -0.3 is 11.1 Å². The van der Waals surface area contributed by atoms with Crippen molar-refractivity contribution in [2.45, 2.75) is 26.2 Å². The fourth-order valence-electron chi connectivity index (χ4n) is 1.95. The van der Waals surface area contributed by atoms with Crippen LogP contribution < -0.4 is 11.1 Å². The average Bonchev–Trinajstić information content (AvgIpc) is 2.47. The summed E-state index contributed by atoms with van der Waals surface area (Å²) in [6.45, 7) is 4.57. The quantitative estimate of drug-likeness (QED) is 0.881. The fourth-order valence-corrected chi connectivity index (χ4v) is 1.95. The van der Waals surface area contributed by atoms with E-state index in [4.69, 9.17) is 5.73 Å². The van der Waals surface area contributed by atoms with Crippen LogP contribution in [0.1, 0.15) is 41.5 Å². The third-order valence-corrected chi connectivity index (χ3v) is 3.11. The Morgan fingerprint density at radius 1 is 1.33 bits per heavy atom. The Morgan fingerprint density at radius 3 is 2.81 bits per heavy atom. The summed E-state index contributed by atoms with van der Waals surface area (Å²) in [5.74, 6) is 0.464. The standard InChI is InChI=1S/C16H20N4O/c1-11(2)14-9-12(10-15(17)20-14)16(21)19-8-6-13-5-3-4-7-18-13/h3-5,7,9-11H,6,8H2,1-2H3,(H2,17,20)(H,19,21). The molecule has 110 valence electrons. The normalized spacial score (nSPS) is 10.6. The molecule has 0 aliphatic heterocycles. The van der Waals surface area contributed by atoms with E-state index in [1.807, 2.05) is 32.0 Å². The van der Waals surface area contributed by atoms with Crippen LogP contribution >= 0.6 is 0 Å². The SMILES string of the molecule is CC(C)c1cc(C(=O)NCCc2ccccn2)cc(N)n1. The number of carbonyl (C=O) groups is 1. The minimum atomic E-state index is -0.137. The van der Waals surface area contributed by atoms with E-state index >= 15 is 0 Å². The van der Waals surface area contributed by atoms with Gasteiger partial charge in [0.2, 0.25) is 0 Å². The molecule has 3 N–H and O–H groups in total. The van der Waals surface area contributed by atoms with E-state index in [0.717, 1.165) is 11.4 Å². The van der Waals surface area contributed by atoms with E-state index in [9.17, 15) is 4.79 Å². The molecule has 0 saturated heterocycles. The summed E-state index contributed by atoms with van der Waals surface area (Å²) in [7, 11) is 0. The van der Waals surface area contributed by atoms with Crippen molar-refractivity contribution in [1.29, 1.82) is 0 Å². The summed E-state index contributed by atoms with van der Waals surface area (Å²) in [4.78, 5) is 20.6. The van der Waals surface area contributed by atoms with E-state index in [2.05, 4.69) is 15.3 Å². The van der Waals surface area contributed by atoms with Gasteiger partial charge in [0, 0.05) is 36.1 Å². The number of pyridine rings is 2. The zero-order valence-electron chi connectivity index (χ0n) is 12.3. The van der Waals surface area contributed by atoms with Gasteiger partial charge in [-0.25, -0.2) is 4.98 Å². The third kappa shape index (κ3) is 4.27. The van der Waals surface area contributed by atoms with Crippen molar-refractivity contribution in [2.75, 3.05) is 12.3 Å². The molecule has 0 spiro atoms. The fraction of sp³-hybridized carbons (Fsp3) is 0.312. The highest BCUT2D eigenvalue weighted by molar-refractivity contribution is 5.94. The predicted octanol–water partition coefficient (Wildman–Crippen LogP) is 2.15. The van der Waals surface area contributed by atoms with E-state index in [-0.39, 0.29) is 11.8 Å².